The topological polar surface area (TPSA) is 37.8 Å². The molecule has 0 radical (unpaired) electrons. The first-order valence-corrected chi connectivity index (χ1v) is 7.05. The summed E-state index contributed by atoms with van der Waals surface area (Å²) < 4.78 is 4.40. The maximum atomic E-state index is 4.40. The largest absolute Gasteiger partial charge is 0.375 e. The van der Waals surface area contributed by atoms with E-state index in [1.54, 1.807) is 11.3 Å². The van der Waals surface area contributed by atoms with Crippen LogP contribution in [0.1, 0.15) is 5.01 Å². The van der Waals surface area contributed by atoms with Gasteiger partial charge in [-0.3, -0.25) is 0 Å². The van der Waals surface area contributed by atoms with Crippen LogP contribution in [0.25, 0.3) is 10.9 Å². The third-order valence-corrected chi connectivity index (χ3v) is 4.17. The normalized spacial score (nSPS) is 10.8. The Labute approximate surface area is 107 Å². The van der Waals surface area contributed by atoms with Gasteiger partial charge in [-0.1, -0.05) is 12.1 Å². The summed E-state index contributed by atoms with van der Waals surface area (Å²) in [6.07, 6.45) is 2.81. The number of aromatic nitrogens is 2. The van der Waals surface area contributed by atoms with E-state index in [2.05, 4.69) is 20.7 Å². The zero-order valence-corrected chi connectivity index (χ0v) is 10.7. The molecule has 1 aromatic carbocycles. The smallest absolute Gasteiger partial charge is 0.117 e. The number of anilines is 1. The summed E-state index contributed by atoms with van der Waals surface area (Å²) in [5, 5.41) is 8.97. The Balaban J connectivity index is 1.69. The first kappa shape index (κ1) is 10.7. The van der Waals surface area contributed by atoms with Crippen LogP contribution in [0.5, 0.6) is 0 Å². The molecule has 3 aromatic rings. The van der Waals surface area contributed by atoms with Gasteiger partial charge in [0.15, 0.2) is 0 Å². The quantitative estimate of drug-likeness (QED) is 0.782. The highest BCUT2D eigenvalue weighted by Crippen LogP contribution is 2.27. The highest BCUT2D eigenvalue weighted by molar-refractivity contribution is 7.11. The van der Waals surface area contributed by atoms with Crippen molar-refractivity contribution < 1.29 is 0 Å². The van der Waals surface area contributed by atoms with E-state index in [0.29, 0.717) is 0 Å². The van der Waals surface area contributed by atoms with Crippen LogP contribution in [0.3, 0.4) is 0 Å². The number of hydrogen-bond acceptors (Lipinski definition) is 5. The van der Waals surface area contributed by atoms with Gasteiger partial charge in [0.25, 0.3) is 0 Å². The lowest BCUT2D eigenvalue weighted by atomic mass is 10.2. The summed E-state index contributed by atoms with van der Waals surface area (Å²) in [4.78, 5) is 4.26. The van der Waals surface area contributed by atoms with Gasteiger partial charge in [-0.2, -0.15) is 4.37 Å². The second kappa shape index (κ2) is 4.81. The molecule has 0 unspecified atom stereocenters. The average Bonchev–Trinajstić information content (AvgIpc) is 2.99. The van der Waals surface area contributed by atoms with Crippen LogP contribution in [0.4, 0.5) is 5.00 Å². The fraction of sp³-hybridized carbons (Fsp3) is 0.167. The molecular formula is C12H11N3S2. The van der Waals surface area contributed by atoms with E-state index < -0.39 is 0 Å². The molecule has 3 nitrogen and oxygen atoms in total. The Morgan fingerprint density at radius 2 is 2.18 bits per heavy atom. The van der Waals surface area contributed by atoms with Gasteiger partial charge in [-0.25, -0.2) is 4.98 Å². The van der Waals surface area contributed by atoms with Gasteiger partial charge < -0.3 is 5.32 Å². The number of thiazole rings is 1. The van der Waals surface area contributed by atoms with Gasteiger partial charge in [0.05, 0.1) is 10.5 Å². The Hall–Kier alpha value is -1.46. The molecule has 0 atom stereocenters. The minimum Gasteiger partial charge on any atom is -0.375 e. The van der Waals surface area contributed by atoms with Gasteiger partial charge in [0.2, 0.25) is 0 Å². The Bertz CT molecular complexity index is 601. The molecular weight excluding hydrogens is 250 g/mol. The number of rotatable bonds is 4. The summed E-state index contributed by atoms with van der Waals surface area (Å²) in [6, 6.07) is 8.20. The van der Waals surface area contributed by atoms with E-state index >= 15 is 0 Å². The molecule has 0 amide bonds. The van der Waals surface area contributed by atoms with Gasteiger partial charge in [-0.05, 0) is 23.7 Å². The van der Waals surface area contributed by atoms with Crippen LogP contribution < -0.4 is 5.32 Å². The zero-order valence-electron chi connectivity index (χ0n) is 9.09. The first-order valence-electron chi connectivity index (χ1n) is 5.40. The van der Waals surface area contributed by atoms with Crippen LogP contribution in [0, 0.1) is 0 Å². The predicted molar refractivity (Wildman–Crippen MR) is 73.9 cm³/mol. The van der Waals surface area contributed by atoms with Crippen LogP contribution in [-0.4, -0.2) is 15.9 Å². The average molecular weight is 261 g/mol. The molecule has 0 aliphatic carbocycles. The molecule has 2 aromatic heterocycles. The molecule has 5 heteroatoms. The molecule has 3 rings (SSSR count). The first-order chi connectivity index (χ1) is 8.43. The summed E-state index contributed by atoms with van der Waals surface area (Å²) in [5.41, 5.74) is 1.06. The van der Waals surface area contributed by atoms with E-state index in [-0.39, 0.29) is 0 Å². The van der Waals surface area contributed by atoms with Crippen molar-refractivity contribution in [2.45, 2.75) is 6.42 Å². The molecule has 0 aliphatic heterocycles. The Kier molecular flexibility index (Phi) is 3.02. The molecule has 2 heterocycles. The fourth-order valence-electron chi connectivity index (χ4n) is 1.68. The van der Waals surface area contributed by atoms with Crippen molar-refractivity contribution in [1.29, 1.82) is 0 Å². The molecule has 86 valence electrons. The Morgan fingerprint density at radius 1 is 1.24 bits per heavy atom. The third-order valence-electron chi connectivity index (χ3n) is 2.49. The summed E-state index contributed by atoms with van der Waals surface area (Å²) in [6.45, 7) is 0.902. The van der Waals surface area contributed by atoms with Gasteiger partial charge >= 0.3 is 0 Å². The maximum Gasteiger partial charge on any atom is 0.117 e. The molecule has 0 bridgehead atoms. The number of nitrogens with one attached hydrogen (secondary N) is 1. The van der Waals surface area contributed by atoms with Crippen LogP contribution >= 0.6 is 22.9 Å². The van der Waals surface area contributed by atoms with E-state index in [0.717, 1.165) is 23.5 Å². The van der Waals surface area contributed by atoms with Crippen LogP contribution in [-0.2, 0) is 6.42 Å². The van der Waals surface area contributed by atoms with Crippen molar-refractivity contribution in [3.8, 4) is 0 Å². The Morgan fingerprint density at radius 3 is 3.06 bits per heavy atom. The van der Waals surface area contributed by atoms with Gasteiger partial charge in [0, 0.05) is 29.9 Å². The standard InChI is InChI=1S/C12H11N3S2/c1-2-4-10-9(3-1)12(17-15-10)14-6-5-11-13-7-8-16-11/h1-4,7-8,14H,5-6H2. The van der Waals surface area contributed by atoms with Crippen molar-refractivity contribution in [1.82, 2.24) is 9.36 Å². The number of nitrogens with zero attached hydrogens (tertiary/aromatic N) is 2. The lowest BCUT2D eigenvalue weighted by molar-refractivity contribution is 1.00. The summed E-state index contributed by atoms with van der Waals surface area (Å²) >= 11 is 3.22. The number of benzene rings is 1. The predicted octanol–water partition coefficient (Wildman–Crippen LogP) is 3.41. The summed E-state index contributed by atoms with van der Waals surface area (Å²) in [5.74, 6) is 0. The fourth-order valence-corrected chi connectivity index (χ4v) is 3.08. The molecule has 0 saturated heterocycles. The van der Waals surface area contributed by atoms with E-state index in [4.69, 9.17) is 0 Å². The van der Waals surface area contributed by atoms with Crippen molar-refractivity contribution in [2.75, 3.05) is 11.9 Å². The van der Waals surface area contributed by atoms with Crippen LogP contribution in [0.2, 0.25) is 0 Å². The minimum atomic E-state index is 0.902. The zero-order chi connectivity index (χ0) is 11.5. The lowest BCUT2D eigenvalue weighted by Crippen LogP contribution is -2.03. The summed E-state index contributed by atoms with van der Waals surface area (Å²) in [7, 11) is 0. The molecule has 0 aliphatic rings. The molecule has 0 spiro atoms. The van der Waals surface area contributed by atoms with E-state index in [1.165, 1.54) is 21.9 Å². The second-order valence-electron chi connectivity index (χ2n) is 3.63. The van der Waals surface area contributed by atoms with E-state index in [1.807, 2.05) is 29.8 Å². The highest BCUT2D eigenvalue weighted by Gasteiger charge is 2.04. The molecule has 1 N–H and O–H groups in total. The van der Waals surface area contributed by atoms with Gasteiger partial charge in [-0.15, -0.1) is 11.3 Å². The van der Waals surface area contributed by atoms with Crippen LogP contribution in [0.15, 0.2) is 35.8 Å². The van der Waals surface area contributed by atoms with Crippen molar-refractivity contribution in [3.63, 3.8) is 0 Å². The third kappa shape index (κ3) is 2.30. The minimum absolute atomic E-state index is 0.902. The number of hydrogen-bond donors (Lipinski definition) is 1. The molecule has 0 saturated carbocycles. The SMILES string of the molecule is c1ccc2c(NCCc3nccs3)snc2c1. The molecule has 0 fully saturated rings. The van der Waals surface area contributed by atoms with Crippen molar-refractivity contribution >= 4 is 38.8 Å². The number of fused-ring (bicyclic) bond motifs is 1. The van der Waals surface area contributed by atoms with Crippen molar-refractivity contribution in [2.24, 2.45) is 0 Å². The monoisotopic (exact) mass is 261 g/mol. The maximum absolute atomic E-state index is 4.40. The second-order valence-corrected chi connectivity index (χ2v) is 5.38. The lowest BCUT2D eigenvalue weighted by Gasteiger charge is -2.01. The van der Waals surface area contributed by atoms with E-state index in [9.17, 15) is 0 Å². The molecule has 17 heavy (non-hydrogen) atoms. The van der Waals surface area contributed by atoms with Gasteiger partial charge in [0.1, 0.15) is 5.00 Å². The van der Waals surface area contributed by atoms with Crippen molar-refractivity contribution in [3.05, 3.63) is 40.8 Å². The highest BCUT2D eigenvalue weighted by atomic mass is 32.1.